The van der Waals surface area contributed by atoms with Crippen LogP contribution < -0.4 is 20.7 Å². The molecule has 0 radical (unpaired) electrons. The Morgan fingerprint density at radius 3 is 2.53 bits per heavy atom. The third-order valence-electron chi connectivity index (χ3n) is 6.95. The minimum atomic E-state index is -3.94. The fraction of sp³-hybridized carbons (Fsp3) is 0.333. The van der Waals surface area contributed by atoms with E-state index in [4.69, 9.17) is 10.2 Å². The minimum Gasteiger partial charge on any atom is -0.394 e. The predicted octanol–water partition coefficient (Wildman–Crippen LogP) is 2.38. The van der Waals surface area contributed by atoms with Crippen molar-refractivity contribution < 1.29 is 32.6 Å². The van der Waals surface area contributed by atoms with Crippen LogP contribution in [0.5, 0.6) is 0 Å². The van der Waals surface area contributed by atoms with E-state index in [-0.39, 0.29) is 42.0 Å². The molecule has 230 valence electrons. The lowest BCUT2D eigenvalue weighted by atomic mass is 9.99. The van der Waals surface area contributed by atoms with Gasteiger partial charge in [-0.15, -0.1) is 11.8 Å². The number of primary sulfonamides is 1. The zero-order valence-corrected chi connectivity index (χ0v) is 25.4. The summed E-state index contributed by atoms with van der Waals surface area (Å²) in [4.78, 5) is 28.9. The van der Waals surface area contributed by atoms with Crippen LogP contribution in [-0.2, 0) is 26.2 Å². The summed E-state index contributed by atoms with van der Waals surface area (Å²) in [7, 11) is -3.94. The highest BCUT2D eigenvalue weighted by Gasteiger charge is 2.33. The molecule has 1 aliphatic rings. The van der Waals surface area contributed by atoms with E-state index >= 15 is 0 Å². The van der Waals surface area contributed by atoms with Crippen molar-refractivity contribution in [2.75, 3.05) is 23.8 Å². The third-order valence-corrected chi connectivity index (χ3v) is 9.05. The number of nitrogens with zero attached hydrogens (tertiary/aromatic N) is 1. The molecule has 3 aromatic carbocycles. The number of fused-ring (bicyclic) bond motifs is 1. The number of nitrogens with two attached hydrogens (primary N) is 1. The van der Waals surface area contributed by atoms with Crippen molar-refractivity contribution in [3.05, 3.63) is 78.1 Å². The number of hydrogen-bond donors (Lipinski definition) is 5. The highest BCUT2D eigenvalue weighted by atomic mass is 32.2. The summed E-state index contributed by atoms with van der Waals surface area (Å²) in [6.45, 7) is 3.35. The van der Waals surface area contributed by atoms with Gasteiger partial charge in [-0.3, -0.25) is 9.59 Å². The average molecular weight is 631 g/mol. The van der Waals surface area contributed by atoms with E-state index in [0.717, 1.165) is 5.56 Å². The van der Waals surface area contributed by atoms with Gasteiger partial charge in [-0.25, -0.2) is 17.9 Å². The minimum absolute atomic E-state index is 0.0000363. The van der Waals surface area contributed by atoms with Crippen LogP contribution in [0.15, 0.2) is 76.5 Å². The molecule has 0 bridgehead atoms. The van der Waals surface area contributed by atoms with Crippen molar-refractivity contribution in [2.24, 2.45) is 5.14 Å². The van der Waals surface area contributed by atoms with E-state index < -0.39 is 40.1 Å². The first-order valence-electron chi connectivity index (χ1n) is 13.6. The van der Waals surface area contributed by atoms with E-state index in [1.54, 1.807) is 56.3 Å². The van der Waals surface area contributed by atoms with Gasteiger partial charge in [0.2, 0.25) is 15.9 Å². The Morgan fingerprint density at radius 1 is 1.16 bits per heavy atom. The molecule has 2 atom stereocenters. The summed E-state index contributed by atoms with van der Waals surface area (Å²) in [5.41, 5.74) is 1.59. The summed E-state index contributed by atoms with van der Waals surface area (Å²) < 4.78 is 38.3. The number of carbonyl (C=O) groups excluding carboxylic acids is 2. The molecule has 43 heavy (non-hydrogen) atoms. The van der Waals surface area contributed by atoms with E-state index in [2.05, 4.69) is 10.6 Å². The molecule has 0 unspecified atom stereocenters. The topological polar surface area (TPSA) is 162 Å². The van der Waals surface area contributed by atoms with Crippen LogP contribution in [0.2, 0.25) is 0 Å². The number of carbonyl (C=O) groups is 2. The second kappa shape index (κ2) is 13.5. The zero-order valence-electron chi connectivity index (χ0n) is 23.8. The molecule has 0 saturated heterocycles. The number of aliphatic hydroxyl groups is 2. The Hall–Kier alpha value is -3.33. The summed E-state index contributed by atoms with van der Waals surface area (Å²) in [5.74, 6) is -1.00. The number of amides is 2. The van der Waals surface area contributed by atoms with Crippen molar-refractivity contribution in [2.45, 2.75) is 54.3 Å². The lowest BCUT2D eigenvalue weighted by molar-refractivity contribution is -0.128. The second-order valence-corrected chi connectivity index (χ2v) is 13.6. The fourth-order valence-corrected chi connectivity index (χ4v) is 6.59. The maximum atomic E-state index is 14.2. The quantitative estimate of drug-likeness (QED) is 0.216. The van der Waals surface area contributed by atoms with Gasteiger partial charge >= 0.3 is 0 Å². The van der Waals surface area contributed by atoms with Crippen LogP contribution in [0, 0.1) is 5.82 Å². The molecule has 2 amide bonds. The number of aliphatic hydroxyl groups excluding tert-OH is 2. The van der Waals surface area contributed by atoms with Gasteiger partial charge in [-0.05, 0) is 49.2 Å². The van der Waals surface area contributed by atoms with Crippen LogP contribution in [0.25, 0.3) is 11.1 Å². The largest absolute Gasteiger partial charge is 0.394 e. The summed E-state index contributed by atoms with van der Waals surface area (Å²) in [6, 6.07) is 16.7. The van der Waals surface area contributed by atoms with Crippen LogP contribution in [0.3, 0.4) is 0 Å². The van der Waals surface area contributed by atoms with Gasteiger partial charge in [0.1, 0.15) is 11.9 Å². The molecule has 3 aromatic rings. The van der Waals surface area contributed by atoms with Gasteiger partial charge in [-0.1, -0.05) is 42.5 Å². The molecule has 6 N–H and O–H groups in total. The molecule has 10 nitrogen and oxygen atoms in total. The molecule has 13 heteroatoms. The van der Waals surface area contributed by atoms with Crippen molar-refractivity contribution in [3.63, 3.8) is 0 Å². The normalized spacial score (nSPS) is 16.4. The van der Waals surface area contributed by atoms with E-state index in [1.807, 2.05) is 0 Å². The van der Waals surface area contributed by atoms with Crippen molar-refractivity contribution in [3.8, 4) is 11.1 Å². The lowest BCUT2D eigenvalue weighted by Crippen LogP contribution is -2.52. The number of thioether (sulfide) groups is 1. The molecule has 0 spiro atoms. The Labute approximate surface area is 254 Å². The number of β-amino-alcohol motifs (C(OH)–C–C–N with tert-alkyl or cyclic N) is 1. The predicted molar refractivity (Wildman–Crippen MR) is 163 cm³/mol. The molecule has 0 aromatic heterocycles. The first-order valence-corrected chi connectivity index (χ1v) is 16.1. The number of benzene rings is 3. The smallest absolute Gasteiger partial charge is 0.250 e. The number of hydrogen-bond acceptors (Lipinski definition) is 8. The summed E-state index contributed by atoms with van der Waals surface area (Å²) in [6.07, 6.45) is -0.963. The number of anilines is 1. The van der Waals surface area contributed by atoms with Crippen LogP contribution in [0.1, 0.15) is 25.8 Å². The average Bonchev–Trinajstić information content (AvgIpc) is 3.07. The van der Waals surface area contributed by atoms with Crippen LogP contribution >= 0.6 is 11.8 Å². The molecular weight excluding hydrogens is 595 g/mol. The zero-order chi connectivity index (χ0) is 31.4. The second-order valence-electron chi connectivity index (χ2n) is 11.0. The van der Waals surface area contributed by atoms with Gasteiger partial charge in [0.15, 0.2) is 0 Å². The van der Waals surface area contributed by atoms with Crippen molar-refractivity contribution >= 4 is 39.3 Å². The van der Waals surface area contributed by atoms with Crippen molar-refractivity contribution in [1.29, 1.82) is 0 Å². The molecule has 0 saturated carbocycles. The number of rotatable bonds is 11. The Morgan fingerprint density at radius 2 is 1.86 bits per heavy atom. The third kappa shape index (κ3) is 8.40. The van der Waals surface area contributed by atoms with Gasteiger partial charge in [0.25, 0.3) is 5.91 Å². The number of nitrogens with one attached hydrogen (secondary N) is 2. The lowest BCUT2D eigenvalue weighted by Gasteiger charge is -2.29. The fourth-order valence-electron chi connectivity index (χ4n) is 4.74. The molecular formula is C30H35FN4O6S2. The highest BCUT2D eigenvalue weighted by molar-refractivity contribution is 7.99. The van der Waals surface area contributed by atoms with Crippen LogP contribution in [-0.4, -0.2) is 67.0 Å². The Bertz CT molecular complexity index is 1580. The first-order chi connectivity index (χ1) is 20.3. The number of halogens is 1. The molecule has 4 rings (SSSR count). The van der Waals surface area contributed by atoms with Crippen LogP contribution in [0.4, 0.5) is 10.1 Å². The molecule has 1 heterocycles. The first kappa shape index (κ1) is 32.6. The van der Waals surface area contributed by atoms with Gasteiger partial charge in [0.05, 0.1) is 29.8 Å². The van der Waals surface area contributed by atoms with Gasteiger partial charge in [-0.2, -0.15) is 0 Å². The maximum Gasteiger partial charge on any atom is 0.250 e. The summed E-state index contributed by atoms with van der Waals surface area (Å²) >= 11 is 1.27. The highest BCUT2D eigenvalue weighted by Crippen LogP contribution is 2.36. The van der Waals surface area contributed by atoms with E-state index in [1.165, 1.54) is 40.9 Å². The van der Waals surface area contributed by atoms with Crippen molar-refractivity contribution in [1.82, 2.24) is 10.6 Å². The van der Waals surface area contributed by atoms with E-state index in [9.17, 15) is 27.5 Å². The molecule has 0 aliphatic carbocycles. The van der Waals surface area contributed by atoms with Gasteiger partial charge < -0.3 is 25.7 Å². The maximum absolute atomic E-state index is 14.2. The summed E-state index contributed by atoms with van der Waals surface area (Å²) in [5, 5.41) is 29.9. The molecule has 1 aliphatic heterocycles. The van der Waals surface area contributed by atoms with E-state index in [0.29, 0.717) is 21.7 Å². The monoisotopic (exact) mass is 630 g/mol. The van der Waals surface area contributed by atoms with Gasteiger partial charge in [0, 0.05) is 34.7 Å². The SMILES string of the molecule is CC(C)(CC(=O)N[C@@H]1CSc2cc(F)ccc2N(Cc2ccc(-c3ccccc3S(N)(=O)=O)cc2)C1=O)NC[C@H](O)CO. The Balaban J connectivity index is 1.55. The molecule has 0 fully saturated rings. The Kier molecular flexibility index (Phi) is 10.3. The number of sulfonamides is 1. The standard InChI is InChI=1S/C30H35FN4O6S2/c1-30(2,33-15-22(37)17-36)14-28(38)34-24-18-42-26-13-21(31)11-12-25(26)35(29(24)39)16-19-7-9-20(10-8-19)23-5-3-4-6-27(23)43(32,40)41/h3-13,22,24,33,36-37H,14-18H2,1-2H3,(H,34,38)(H2,32,40,41)/t22-,24+/m0/s1.